The summed E-state index contributed by atoms with van der Waals surface area (Å²) < 4.78 is 21.4. The van der Waals surface area contributed by atoms with Crippen LogP contribution in [0.3, 0.4) is 0 Å². The maximum Gasteiger partial charge on any atom is 0.407 e. The van der Waals surface area contributed by atoms with Crippen molar-refractivity contribution >= 4 is 40.3 Å². The first-order chi connectivity index (χ1) is 23.5. The number of rotatable bonds is 8. The van der Waals surface area contributed by atoms with Crippen molar-refractivity contribution in [3.05, 3.63) is 87.0 Å². The van der Waals surface area contributed by atoms with Crippen molar-refractivity contribution in [3.63, 3.8) is 0 Å². The van der Waals surface area contributed by atoms with Gasteiger partial charge in [0.1, 0.15) is 36.0 Å². The third-order valence-electron chi connectivity index (χ3n) is 8.20. The molecule has 0 saturated carbocycles. The molecule has 0 atom stereocenters. The Kier molecular flexibility index (Phi) is 10.6. The zero-order valence-corrected chi connectivity index (χ0v) is 28.6. The van der Waals surface area contributed by atoms with Gasteiger partial charge in [-0.25, -0.2) is 24.1 Å². The molecule has 0 unspecified atom stereocenters. The van der Waals surface area contributed by atoms with Crippen molar-refractivity contribution < 1.29 is 18.7 Å². The summed E-state index contributed by atoms with van der Waals surface area (Å²) in [4.78, 5) is 56.2. The summed E-state index contributed by atoms with van der Waals surface area (Å²) in [5, 5.41) is 13.4. The molecule has 49 heavy (non-hydrogen) atoms. The van der Waals surface area contributed by atoms with Crippen molar-refractivity contribution in [3.8, 4) is 23.0 Å². The highest BCUT2D eigenvalue weighted by Crippen LogP contribution is 2.38. The van der Waals surface area contributed by atoms with Crippen LogP contribution in [-0.4, -0.2) is 76.3 Å². The van der Waals surface area contributed by atoms with Crippen LogP contribution in [0.25, 0.3) is 28.0 Å². The zero-order chi connectivity index (χ0) is 35.4. The predicted octanol–water partition coefficient (Wildman–Crippen LogP) is 5.31. The van der Waals surface area contributed by atoms with Crippen LogP contribution in [0.4, 0.5) is 14.9 Å². The Morgan fingerprint density at radius 3 is 2.33 bits per heavy atom. The van der Waals surface area contributed by atoms with E-state index in [1.165, 1.54) is 36.2 Å². The Hall–Kier alpha value is -5.35. The van der Waals surface area contributed by atoms with Gasteiger partial charge in [-0.05, 0) is 36.1 Å². The summed E-state index contributed by atoms with van der Waals surface area (Å²) in [6, 6.07) is 9.83. The lowest BCUT2D eigenvalue weighted by atomic mass is 10.00. The number of alkyl carbamates (subject to hydrolysis) is 1. The minimum Gasteiger partial charge on any atom is -0.445 e. The molecule has 14 heteroatoms. The van der Waals surface area contributed by atoms with Gasteiger partial charge in [0.05, 0.1) is 33.5 Å². The van der Waals surface area contributed by atoms with Crippen molar-refractivity contribution in [1.29, 1.82) is 5.26 Å². The summed E-state index contributed by atoms with van der Waals surface area (Å²) in [7, 11) is 1.44. The summed E-state index contributed by atoms with van der Waals surface area (Å²) in [5.41, 5.74) is 1.60. The number of carbonyl (C=O) groups excluding carboxylic acids is 2. The summed E-state index contributed by atoms with van der Waals surface area (Å²) in [5.74, 6) is -1.07. The number of pyridine rings is 2. The lowest BCUT2D eigenvalue weighted by molar-refractivity contribution is -0.126. The molecule has 1 aliphatic rings. The third-order valence-corrected chi connectivity index (χ3v) is 8.48. The Labute approximate surface area is 287 Å². The van der Waals surface area contributed by atoms with Gasteiger partial charge in [0.15, 0.2) is 0 Å². The third kappa shape index (κ3) is 6.96. The molecule has 0 radical (unpaired) electrons. The fourth-order valence-electron chi connectivity index (χ4n) is 5.83. The van der Waals surface area contributed by atoms with E-state index < -0.39 is 17.5 Å². The number of halogens is 2. The number of fused-ring (bicyclic) bond motifs is 1. The van der Waals surface area contributed by atoms with Gasteiger partial charge in [-0.2, -0.15) is 5.26 Å². The van der Waals surface area contributed by atoms with Gasteiger partial charge in [-0.1, -0.05) is 51.4 Å². The average Bonchev–Trinajstić information content (AvgIpc) is 3.09. The minimum absolute atomic E-state index is 0.0642. The molecule has 0 spiro atoms. The number of hydrogen-bond acceptors (Lipinski definition) is 9. The van der Waals surface area contributed by atoms with E-state index in [1.54, 1.807) is 29.2 Å². The first-order valence-electron chi connectivity index (χ1n) is 15.8. The van der Waals surface area contributed by atoms with Crippen LogP contribution in [0, 0.1) is 17.1 Å². The van der Waals surface area contributed by atoms with Crippen molar-refractivity contribution in [2.24, 2.45) is 0 Å². The van der Waals surface area contributed by atoms with Gasteiger partial charge in [-0.15, -0.1) is 0 Å². The number of aromatic nitrogens is 4. The number of ether oxygens (including phenoxy) is 1. The SMILES string of the molecule is CNC(=O)OC/C=C/C(=O)N1CCN(c2c(C#N)c(=O)n(-c3c(C(C)C)ncnc3C(C)C)c3nc(-c4ccccc4F)c(Cl)cc23)CC1. The second-order valence-corrected chi connectivity index (χ2v) is 12.4. The van der Waals surface area contributed by atoms with Gasteiger partial charge >= 0.3 is 6.09 Å². The lowest BCUT2D eigenvalue weighted by Gasteiger charge is -2.36. The highest BCUT2D eigenvalue weighted by Gasteiger charge is 2.30. The Morgan fingerprint density at radius 2 is 1.73 bits per heavy atom. The van der Waals surface area contributed by atoms with E-state index >= 15 is 4.39 Å². The van der Waals surface area contributed by atoms with Gasteiger partial charge < -0.3 is 19.9 Å². The van der Waals surface area contributed by atoms with E-state index in [2.05, 4.69) is 21.4 Å². The Balaban J connectivity index is 1.69. The van der Waals surface area contributed by atoms with Gasteiger partial charge in [0, 0.05) is 50.3 Å². The van der Waals surface area contributed by atoms with Crippen LogP contribution in [0.2, 0.25) is 5.02 Å². The number of amides is 2. The fraction of sp³-hybridized carbons (Fsp3) is 0.343. The summed E-state index contributed by atoms with van der Waals surface area (Å²) >= 11 is 6.83. The number of carbonyl (C=O) groups is 2. The largest absolute Gasteiger partial charge is 0.445 e. The summed E-state index contributed by atoms with van der Waals surface area (Å²) in [6.45, 7) is 8.87. The molecule has 254 valence electrons. The molecule has 1 N–H and O–H groups in total. The molecule has 1 fully saturated rings. The van der Waals surface area contributed by atoms with E-state index in [0.717, 1.165) is 0 Å². The summed E-state index contributed by atoms with van der Waals surface area (Å²) in [6.07, 6.45) is 3.64. The monoisotopic (exact) mass is 686 g/mol. The standard InChI is InChI=1S/C35H36ClFN8O4/c1-20(2)28-32(29(21(3)4)41-19-40-28)45-33-23(17-25(36)30(42-33)22-9-6-7-10-26(22)37)31(24(18-38)34(45)47)44-14-12-43(13-15-44)27(46)11-8-16-49-35(48)39-5/h6-11,17,19-21H,12-16H2,1-5H3,(H,39,48)/b11-8+. The fourth-order valence-corrected chi connectivity index (χ4v) is 6.08. The molecular formula is C35H36ClFN8O4. The molecule has 1 saturated heterocycles. The highest BCUT2D eigenvalue weighted by atomic mass is 35.5. The van der Waals surface area contributed by atoms with Gasteiger partial charge in [-0.3, -0.25) is 14.2 Å². The van der Waals surface area contributed by atoms with Crippen LogP contribution in [0.15, 0.2) is 53.6 Å². The quantitative estimate of drug-likeness (QED) is 0.244. The number of benzene rings is 1. The van der Waals surface area contributed by atoms with Crippen LogP contribution < -0.4 is 15.8 Å². The maximum absolute atomic E-state index is 15.1. The highest BCUT2D eigenvalue weighted by molar-refractivity contribution is 6.34. The van der Waals surface area contributed by atoms with E-state index in [-0.39, 0.29) is 78.0 Å². The molecule has 3 aromatic heterocycles. The van der Waals surface area contributed by atoms with Crippen LogP contribution in [-0.2, 0) is 9.53 Å². The van der Waals surface area contributed by atoms with E-state index in [4.69, 9.17) is 21.3 Å². The lowest BCUT2D eigenvalue weighted by Crippen LogP contribution is -2.49. The first kappa shape index (κ1) is 35.0. The zero-order valence-electron chi connectivity index (χ0n) is 27.8. The molecule has 12 nitrogen and oxygen atoms in total. The van der Waals surface area contributed by atoms with Crippen LogP contribution in [0.1, 0.15) is 56.5 Å². The number of nitrogens with zero attached hydrogens (tertiary/aromatic N) is 7. The molecule has 2 amide bonds. The predicted molar refractivity (Wildman–Crippen MR) is 185 cm³/mol. The number of hydrogen-bond donors (Lipinski definition) is 1. The molecule has 1 aliphatic heterocycles. The second-order valence-electron chi connectivity index (χ2n) is 12.0. The van der Waals surface area contributed by atoms with Gasteiger partial charge in [0.25, 0.3) is 5.56 Å². The van der Waals surface area contributed by atoms with Crippen molar-refractivity contribution in [1.82, 2.24) is 29.7 Å². The molecule has 4 aromatic rings. The second kappa shape index (κ2) is 14.8. The van der Waals surface area contributed by atoms with Crippen LogP contribution in [0.5, 0.6) is 0 Å². The van der Waals surface area contributed by atoms with Crippen molar-refractivity contribution in [2.45, 2.75) is 39.5 Å². The van der Waals surface area contributed by atoms with E-state index in [0.29, 0.717) is 28.1 Å². The van der Waals surface area contributed by atoms with Crippen LogP contribution >= 0.6 is 11.6 Å². The normalized spacial score (nSPS) is 13.4. The van der Waals surface area contributed by atoms with E-state index in [1.807, 2.05) is 32.6 Å². The average molecular weight is 687 g/mol. The number of nitriles is 1. The Bertz CT molecular complexity index is 2020. The smallest absolute Gasteiger partial charge is 0.407 e. The van der Waals surface area contributed by atoms with Gasteiger partial charge in [0.2, 0.25) is 5.91 Å². The Morgan fingerprint density at radius 1 is 1.08 bits per heavy atom. The topological polar surface area (TPSA) is 146 Å². The van der Waals surface area contributed by atoms with Crippen molar-refractivity contribution in [2.75, 3.05) is 44.7 Å². The molecule has 0 bridgehead atoms. The minimum atomic E-state index is -0.629. The number of piperazine rings is 1. The van der Waals surface area contributed by atoms with E-state index in [9.17, 15) is 19.6 Å². The first-order valence-corrected chi connectivity index (χ1v) is 16.2. The molecule has 0 aliphatic carbocycles. The number of nitrogens with one attached hydrogen (secondary N) is 1. The number of anilines is 1. The molecule has 5 rings (SSSR count). The molecular weight excluding hydrogens is 651 g/mol. The molecule has 4 heterocycles. The maximum atomic E-state index is 15.1. The molecule has 1 aromatic carbocycles.